The smallest absolute Gasteiger partial charge is 0.243 e. The van der Waals surface area contributed by atoms with Crippen molar-refractivity contribution in [2.24, 2.45) is 4.99 Å². The minimum atomic E-state index is -0.0301. The molecule has 0 aromatic carbocycles. The topological polar surface area (TPSA) is 78.9 Å². The Morgan fingerprint density at radius 2 is 2.28 bits per heavy atom. The Bertz CT molecular complexity index is 567. The Kier molecular flexibility index (Phi) is 8.14. The average molecular weight is 368 g/mol. The van der Waals surface area contributed by atoms with Gasteiger partial charge in [0.1, 0.15) is 11.6 Å². The van der Waals surface area contributed by atoms with Crippen LogP contribution in [0.3, 0.4) is 0 Å². The molecule has 0 bridgehead atoms. The first-order valence-electron chi connectivity index (χ1n) is 8.86. The van der Waals surface area contributed by atoms with E-state index in [0.29, 0.717) is 19.0 Å². The van der Waals surface area contributed by atoms with Crippen molar-refractivity contribution in [3.05, 3.63) is 16.1 Å². The molecular formula is C17H29N5O2S. The Morgan fingerprint density at radius 1 is 1.44 bits per heavy atom. The highest BCUT2D eigenvalue weighted by atomic mass is 32.1. The predicted molar refractivity (Wildman–Crippen MR) is 101 cm³/mol. The van der Waals surface area contributed by atoms with Gasteiger partial charge in [-0.2, -0.15) is 0 Å². The average Bonchev–Trinajstić information content (AvgIpc) is 3.09. The Hall–Kier alpha value is -1.67. The number of rotatable bonds is 7. The van der Waals surface area contributed by atoms with Gasteiger partial charge in [0, 0.05) is 38.3 Å². The normalized spacial score (nSPS) is 18.0. The van der Waals surface area contributed by atoms with Crippen LogP contribution in [0.1, 0.15) is 36.1 Å². The van der Waals surface area contributed by atoms with Gasteiger partial charge in [-0.3, -0.25) is 4.79 Å². The maximum Gasteiger partial charge on any atom is 0.243 e. The first-order chi connectivity index (χ1) is 12.1. The van der Waals surface area contributed by atoms with Crippen LogP contribution in [0.2, 0.25) is 0 Å². The molecule has 0 radical (unpaired) electrons. The largest absolute Gasteiger partial charge is 0.376 e. The van der Waals surface area contributed by atoms with Crippen LogP contribution in [0.5, 0.6) is 0 Å². The van der Waals surface area contributed by atoms with Gasteiger partial charge in [0.25, 0.3) is 0 Å². The fourth-order valence-electron chi connectivity index (χ4n) is 2.39. The van der Waals surface area contributed by atoms with Gasteiger partial charge < -0.3 is 20.3 Å². The number of aromatic nitrogens is 1. The van der Waals surface area contributed by atoms with E-state index in [4.69, 9.17) is 4.74 Å². The van der Waals surface area contributed by atoms with Crippen molar-refractivity contribution in [2.45, 2.75) is 45.3 Å². The van der Waals surface area contributed by atoms with Gasteiger partial charge in [-0.15, -0.1) is 11.3 Å². The zero-order valence-electron chi connectivity index (χ0n) is 15.4. The fourth-order valence-corrected chi connectivity index (χ4v) is 3.20. The van der Waals surface area contributed by atoms with E-state index >= 15 is 0 Å². The van der Waals surface area contributed by atoms with Gasteiger partial charge in [0.05, 0.1) is 12.6 Å². The molecular weight excluding hydrogens is 338 g/mol. The monoisotopic (exact) mass is 367 g/mol. The summed E-state index contributed by atoms with van der Waals surface area (Å²) in [5.41, 5.74) is 0. The number of aliphatic imine (C=N–C) groups is 1. The third-order valence-corrected chi connectivity index (χ3v) is 5.14. The summed E-state index contributed by atoms with van der Waals surface area (Å²) in [7, 11) is 3.46. The predicted octanol–water partition coefficient (Wildman–Crippen LogP) is 1.40. The van der Waals surface area contributed by atoms with E-state index in [-0.39, 0.29) is 18.6 Å². The standard InChI is InChI=1S/C17H29N5O2S/c1-4-14-10-18-15(25-14)11-20-17(21-12-16(23)22(2)3)19-9-13-7-5-6-8-24-13/h10,13H,4-9,11-12H2,1-3H3,(H2,19,20,21). The number of ether oxygens (including phenoxy) is 1. The quantitative estimate of drug-likeness (QED) is 0.563. The molecule has 1 aromatic rings. The second kappa shape index (κ2) is 10.4. The van der Waals surface area contributed by atoms with Gasteiger partial charge in [0.15, 0.2) is 5.96 Å². The molecule has 8 heteroatoms. The summed E-state index contributed by atoms with van der Waals surface area (Å²) in [4.78, 5) is 23.4. The highest BCUT2D eigenvalue weighted by Gasteiger charge is 2.14. The molecule has 2 N–H and O–H groups in total. The van der Waals surface area contributed by atoms with E-state index in [0.717, 1.165) is 30.9 Å². The minimum absolute atomic E-state index is 0.0301. The highest BCUT2D eigenvalue weighted by molar-refractivity contribution is 7.11. The molecule has 1 aliphatic rings. The first-order valence-corrected chi connectivity index (χ1v) is 9.67. The summed E-state index contributed by atoms with van der Waals surface area (Å²) in [6.45, 7) is 4.35. The zero-order chi connectivity index (χ0) is 18.1. The summed E-state index contributed by atoms with van der Waals surface area (Å²) in [6.07, 6.45) is 6.51. The number of likely N-dealkylation sites (N-methyl/N-ethyl adjacent to an activating group) is 1. The highest BCUT2D eigenvalue weighted by Crippen LogP contribution is 2.13. The molecule has 140 valence electrons. The second-order valence-corrected chi connectivity index (χ2v) is 7.45. The molecule has 2 rings (SSSR count). The van der Waals surface area contributed by atoms with Crippen molar-refractivity contribution < 1.29 is 9.53 Å². The lowest BCUT2D eigenvalue weighted by Crippen LogP contribution is -2.43. The summed E-state index contributed by atoms with van der Waals surface area (Å²) < 4.78 is 5.74. The van der Waals surface area contributed by atoms with Crippen molar-refractivity contribution >= 4 is 23.2 Å². The number of hydrogen-bond acceptors (Lipinski definition) is 5. The summed E-state index contributed by atoms with van der Waals surface area (Å²) in [5, 5.41) is 7.58. The van der Waals surface area contributed by atoms with Crippen LogP contribution in [0, 0.1) is 0 Å². The van der Waals surface area contributed by atoms with Crippen molar-refractivity contribution in [3.8, 4) is 0 Å². The van der Waals surface area contributed by atoms with Crippen LogP contribution in [0.15, 0.2) is 11.2 Å². The number of thiazole rings is 1. The summed E-state index contributed by atoms with van der Waals surface area (Å²) >= 11 is 1.69. The fraction of sp³-hybridized carbons (Fsp3) is 0.706. The number of nitrogens with one attached hydrogen (secondary N) is 2. The lowest BCUT2D eigenvalue weighted by molar-refractivity contribution is -0.127. The third-order valence-electron chi connectivity index (χ3n) is 4.00. The van der Waals surface area contributed by atoms with E-state index in [9.17, 15) is 4.79 Å². The van der Waals surface area contributed by atoms with E-state index in [1.165, 1.54) is 11.3 Å². The van der Waals surface area contributed by atoms with Crippen LogP contribution in [-0.2, 0) is 22.5 Å². The Balaban J connectivity index is 1.89. The number of amides is 1. The van der Waals surface area contributed by atoms with Gasteiger partial charge >= 0.3 is 0 Å². The molecule has 1 atom stereocenters. The molecule has 1 aliphatic heterocycles. The number of nitrogens with zero attached hydrogens (tertiary/aromatic N) is 3. The third kappa shape index (κ3) is 6.99. The molecule has 7 nitrogen and oxygen atoms in total. The SMILES string of the molecule is CCc1cnc(CNC(=NCC(=O)N(C)C)NCC2CCCCO2)s1. The molecule has 0 aliphatic carbocycles. The van der Waals surface area contributed by atoms with Crippen LogP contribution in [-0.4, -0.2) is 61.6 Å². The molecule has 1 fully saturated rings. The van der Waals surface area contributed by atoms with Crippen molar-refractivity contribution in [2.75, 3.05) is 33.8 Å². The molecule has 1 saturated heterocycles. The number of carbonyl (C=O) groups is 1. The number of hydrogen-bond donors (Lipinski definition) is 2. The molecule has 0 spiro atoms. The van der Waals surface area contributed by atoms with Crippen molar-refractivity contribution in [3.63, 3.8) is 0 Å². The molecule has 1 unspecified atom stereocenters. The summed E-state index contributed by atoms with van der Waals surface area (Å²) in [5.74, 6) is 0.593. The van der Waals surface area contributed by atoms with E-state index < -0.39 is 0 Å². The van der Waals surface area contributed by atoms with Crippen LogP contribution in [0.25, 0.3) is 0 Å². The first kappa shape index (κ1) is 19.7. The lowest BCUT2D eigenvalue weighted by Gasteiger charge is -2.23. The Morgan fingerprint density at radius 3 is 2.92 bits per heavy atom. The molecule has 1 aromatic heterocycles. The van der Waals surface area contributed by atoms with Gasteiger partial charge in [-0.1, -0.05) is 6.92 Å². The zero-order valence-corrected chi connectivity index (χ0v) is 16.2. The van der Waals surface area contributed by atoms with Gasteiger partial charge in [0.2, 0.25) is 5.91 Å². The number of guanidine groups is 1. The maximum absolute atomic E-state index is 11.8. The van der Waals surface area contributed by atoms with Crippen LogP contribution in [0.4, 0.5) is 0 Å². The minimum Gasteiger partial charge on any atom is -0.376 e. The van der Waals surface area contributed by atoms with Crippen LogP contribution >= 0.6 is 11.3 Å². The second-order valence-electron chi connectivity index (χ2n) is 6.25. The van der Waals surface area contributed by atoms with E-state index in [1.54, 1.807) is 30.3 Å². The molecule has 2 heterocycles. The summed E-state index contributed by atoms with van der Waals surface area (Å²) in [6, 6.07) is 0. The number of aryl methyl sites for hydroxylation is 1. The van der Waals surface area contributed by atoms with Crippen molar-refractivity contribution in [1.29, 1.82) is 0 Å². The maximum atomic E-state index is 11.8. The Labute approximate surface area is 153 Å². The van der Waals surface area contributed by atoms with E-state index in [1.807, 2.05) is 6.20 Å². The van der Waals surface area contributed by atoms with E-state index in [2.05, 4.69) is 27.5 Å². The lowest BCUT2D eigenvalue weighted by atomic mass is 10.1. The molecule has 0 saturated carbocycles. The van der Waals surface area contributed by atoms with Crippen molar-refractivity contribution in [1.82, 2.24) is 20.5 Å². The molecule has 1 amide bonds. The molecule has 25 heavy (non-hydrogen) atoms. The number of carbonyl (C=O) groups excluding carboxylic acids is 1. The van der Waals surface area contributed by atoms with Crippen LogP contribution < -0.4 is 10.6 Å². The van der Waals surface area contributed by atoms with Gasteiger partial charge in [-0.25, -0.2) is 9.98 Å². The van der Waals surface area contributed by atoms with Gasteiger partial charge in [-0.05, 0) is 25.7 Å².